The van der Waals surface area contributed by atoms with E-state index in [1.807, 2.05) is 60.0 Å². The van der Waals surface area contributed by atoms with E-state index < -0.39 is 0 Å². The molecule has 1 N–H and O–H groups in total. The molecule has 136 valence electrons. The van der Waals surface area contributed by atoms with E-state index in [1.165, 1.54) is 6.42 Å². The van der Waals surface area contributed by atoms with Gasteiger partial charge in [-0.1, -0.05) is 43.5 Å². The van der Waals surface area contributed by atoms with Crippen molar-refractivity contribution in [2.45, 2.75) is 51.3 Å². The zero-order valence-electron chi connectivity index (χ0n) is 15.0. The quantitative estimate of drug-likeness (QED) is 0.661. The van der Waals surface area contributed by atoms with E-state index in [2.05, 4.69) is 5.32 Å². The maximum atomic E-state index is 12.5. The Kier molecular flexibility index (Phi) is 4.69. The normalized spacial score (nSPS) is 16.5. The van der Waals surface area contributed by atoms with Gasteiger partial charge in [-0.25, -0.2) is 4.79 Å². The zero-order chi connectivity index (χ0) is 17.9. The van der Waals surface area contributed by atoms with E-state index in [-0.39, 0.29) is 18.0 Å². The third-order valence-corrected chi connectivity index (χ3v) is 4.99. The maximum absolute atomic E-state index is 12.5. The van der Waals surface area contributed by atoms with Crippen LogP contribution in [-0.4, -0.2) is 10.8 Å². The molecule has 3 aromatic rings. The number of nitrogens with zero attached hydrogens (tertiary/aromatic N) is 1. The van der Waals surface area contributed by atoms with Crippen molar-refractivity contribution in [2.24, 2.45) is 0 Å². The summed E-state index contributed by atoms with van der Waals surface area (Å²) in [6.07, 6.45) is 5.37. The summed E-state index contributed by atoms with van der Waals surface area (Å²) < 4.78 is 13.3. The van der Waals surface area contributed by atoms with Crippen LogP contribution in [-0.2, 0) is 0 Å². The average molecular weight is 352 g/mol. The van der Waals surface area contributed by atoms with Crippen molar-refractivity contribution in [3.05, 3.63) is 59.1 Å². The number of rotatable bonds is 5. The number of para-hydroxylation sites is 2. The van der Waals surface area contributed by atoms with E-state index >= 15 is 0 Å². The Morgan fingerprint density at radius 3 is 2.62 bits per heavy atom. The SMILES string of the molecule is CC(Nc1cccc2oc(=O)n(C3CCCCC3)c12)Oc1ccccc1. The molecule has 26 heavy (non-hydrogen) atoms. The van der Waals surface area contributed by atoms with Crippen LogP contribution in [0.25, 0.3) is 11.1 Å². The average Bonchev–Trinajstić information content (AvgIpc) is 3.00. The van der Waals surface area contributed by atoms with Crippen LogP contribution in [0.1, 0.15) is 45.1 Å². The van der Waals surface area contributed by atoms with Gasteiger partial charge < -0.3 is 14.5 Å². The number of fused-ring (bicyclic) bond motifs is 1. The fourth-order valence-electron chi connectivity index (χ4n) is 3.83. The van der Waals surface area contributed by atoms with Gasteiger partial charge in [0.2, 0.25) is 0 Å². The summed E-state index contributed by atoms with van der Waals surface area (Å²) in [6.45, 7) is 1.95. The van der Waals surface area contributed by atoms with Crippen molar-refractivity contribution >= 4 is 16.8 Å². The molecule has 1 aliphatic rings. The van der Waals surface area contributed by atoms with Crippen molar-refractivity contribution < 1.29 is 9.15 Å². The fourth-order valence-corrected chi connectivity index (χ4v) is 3.83. The monoisotopic (exact) mass is 352 g/mol. The lowest BCUT2D eigenvalue weighted by atomic mass is 9.95. The van der Waals surface area contributed by atoms with Gasteiger partial charge in [-0.2, -0.15) is 0 Å². The predicted molar refractivity (Wildman–Crippen MR) is 103 cm³/mol. The molecule has 4 rings (SSSR count). The smallest absolute Gasteiger partial charge is 0.420 e. The van der Waals surface area contributed by atoms with E-state index in [0.29, 0.717) is 5.58 Å². The molecule has 1 saturated carbocycles. The minimum absolute atomic E-state index is 0.214. The highest BCUT2D eigenvalue weighted by molar-refractivity contribution is 5.87. The number of oxazole rings is 1. The van der Waals surface area contributed by atoms with Gasteiger partial charge in [-0.05, 0) is 44.0 Å². The Bertz CT molecular complexity index is 923. The highest BCUT2D eigenvalue weighted by atomic mass is 16.5. The van der Waals surface area contributed by atoms with Crippen LogP contribution in [0.2, 0.25) is 0 Å². The Balaban J connectivity index is 1.65. The minimum Gasteiger partial charge on any atom is -0.471 e. The van der Waals surface area contributed by atoms with Crippen LogP contribution in [0.3, 0.4) is 0 Å². The molecule has 1 atom stereocenters. The third-order valence-electron chi connectivity index (χ3n) is 4.99. The number of anilines is 1. The van der Waals surface area contributed by atoms with Gasteiger partial charge in [-0.3, -0.25) is 4.57 Å². The largest absolute Gasteiger partial charge is 0.471 e. The molecule has 2 aromatic carbocycles. The van der Waals surface area contributed by atoms with E-state index in [1.54, 1.807) is 0 Å². The Morgan fingerprint density at radius 1 is 1.08 bits per heavy atom. The summed E-state index contributed by atoms with van der Waals surface area (Å²) in [5.41, 5.74) is 2.33. The molecule has 5 nitrogen and oxygen atoms in total. The Labute approximate surface area is 152 Å². The second-order valence-corrected chi connectivity index (χ2v) is 6.90. The number of aromatic nitrogens is 1. The summed E-state index contributed by atoms with van der Waals surface area (Å²) in [7, 11) is 0. The molecule has 0 bridgehead atoms. The zero-order valence-corrected chi connectivity index (χ0v) is 15.0. The predicted octanol–water partition coefficient (Wildman–Crippen LogP) is 4.94. The third kappa shape index (κ3) is 3.34. The minimum atomic E-state index is -0.266. The highest BCUT2D eigenvalue weighted by Crippen LogP contribution is 2.33. The van der Waals surface area contributed by atoms with Crippen molar-refractivity contribution in [3.8, 4) is 5.75 Å². The topological polar surface area (TPSA) is 56.4 Å². The molecule has 5 heteroatoms. The summed E-state index contributed by atoms with van der Waals surface area (Å²) in [5, 5.41) is 3.38. The van der Waals surface area contributed by atoms with Gasteiger partial charge in [0, 0.05) is 6.04 Å². The van der Waals surface area contributed by atoms with E-state index in [9.17, 15) is 4.79 Å². The lowest BCUT2D eigenvalue weighted by Gasteiger charge is -2.24. The Hall–Kier alpha value is -2.69. The second-order valence-electron chi connectivity index (χ2n) is 6.90. The molecule has 0 aliphatic heterocycles. The van der Waals surface area contributed by atoms with Gasteiger partial charge in [-0.15, -0.1) is 0 Å². The summed E-state index contributed by atoms with van der Waals surface area (Å²) >= 11 is 0. The maximum Gasteiger partial charge on any atom is 0.420 e. The van der Waals surface area contributed by atoms with Crippen LogP contribution in [0, 0.1) is 0 Å². The summed E-state index contributed by atoms with van der Waals surface area (Å²) in [4.78, 5) is 12.5. The van der Waals surface area contributed by atoms with Crippen LogP contribution in [0.4, 0.5) is 5.69 Å². The lowest BCUT2D eigenvalue weighted by molar-refractivity contribution is 0.250. The molecule has 1 aliphatic carbocycles. The molecule has 1 unspecified atom stereocenters. The van der Waals surface area contributed by atoms with Crippen LogP contribution in [0.15, 0.2) is 57.7 Å². The van der Waals surface area contributed by atoms with Gasteiger partial charge in [0.15, 0.2) is 11.8 Å². The number of hydrogen-bond donors (Lipinski definition) is 1. The van der Waals surface area contributed by atoms with Gasteiger partial charge >= 0.3 is 5.76 Å². The molecule has 1 heterocycles. The standard InChI is InChI=1S/C21H24N2O3/c1-15(25-17-11-6-3-7-12-17)22-18-13-8-14-19-20(18)23(21(24)26-19)16-9-4-2-5-10-16/h3,6-8,11-16,22H,2,4-5,9-10H2,1H3. The first-order valence-electron chi connectivity index (χ1n) is 9.34. The van der Waals surface area contributed by atoms with Crippen LogP contribution in [0.5, 0.6) is 5.75 Å². The highest BCUT2D eigenvalue weighted by Gasteiger charge is 2.23. The van der Waals surface area contributed by atoms with Crippen LogP contribution >= 0.6 is 0 Å². The molecule has 0 spiro atoms. The first-order chi connectivity index (χ1) is 12.7. The molecule has 0 radical (unpaired) electrons. The van der Waals surface area contributed by atoms with E-state index in [0.717, 1.165) is 42.6 Å². The summed E-state index contributed by atoms with van der Waals surface area (Å²) in [6, 6.07) is 15.6. The van der Waals surface area contributed by atoms with Crippen molar-refractivity contribution in [2.75, 3.05) is 5.32 Å². The molecule has 1 fully saturated rings. The number of hydrogen-bond acceptors (Lipinski definition) is 4. The van der Waals surface area contributed by atoms with Gasteiger partial charge in [0.25, 0.3) is 0 Å². The molecule has 0 amide bonds. The van der Waals surface area contributed by atoms with Crippen LogP contribution < -0.4 is 15.8 Å². The van der Waals surface area contributed by atoms with Crippen molar-refractivity contribution in [1.29, 1.82) is 0 Å². The molecular weight excluding hydrogens is 328 g/mol. The molecule has 1 aromatic heterocycles. The van der Waals surface area contributed by atoms with Gasteiger partial charge in [0.1, 0.15) is 11.3 Å². The fraction of sp³-hybridized carbons (Fsp3) is 0.381. The van der Waals surface area contributed by atoms with Crippen molar-refractivity contribution in [1.82, 2.24) is 4.57 Å². The molecular formula is C21H24N2O3. The van der Waals surface area contributed by atoms with Gasteiger partial charge in [0.05, 0.1) is 5.69 Å². The lowest BCUT2D eigenvalue weighted by Crippen LogP contribution is -2.25. The number of benzene rings is 2. The van der Waals surface area contributed by atoms with Crippen molar-refractivity contribution in [3.63, 3.8) is 0 Å². The van der Waals surface area contributed by atoms with E-state index in [4.69, 9.17) is 9.15 Å². The number of nitrogens with one attached hydrogen (secondary N) is 1. The number of ether oxygens (including phenoxy) is 1. The Morgan fingerprint density at radius 2 is 1.85 bits per heavy atom. The molecule has 0 saturated heterocycles. The first-order valence-corrected chi connectivity index (χ1v) is 9.34. The second kappa shape index (κ2) is 7.28. The first kappa shape index (κ1) is 16.8. The summed E-state index contributed by atoms with van der Waals surface area (Å²) in [5.74, 6) is 0.536.